The van der Waals surface area contributed by atoms with Crippen molar-refractivity contribution >= 4 is 0 Å². The normalized spacial score (nSPS) is 8.82. The van der Waals surface area contributed by atoms with Crippen molar-refractivity contribution < 1.29 is 9.13 Å². The molecule has 0 aliphatic carbocycles. The van der Waals surface area contributed by atoms with E-state index >= 15 is 0 Å². The molecule has 0 aliphatic heterocycles. The van der Waals surface area contributed by atoms with Crippen molar-refractivity contribution in [1.82, 2.24) is 4.98 Å². The van der Waals surface area contributed by atoms with E-state index < -0.39 is 5.95 Å². The van der Waals surface area contributed by atoms with Gasteiger partial charge < -0.3 is 4.74 Å². The zero-order valence-corrected chi connectivity index (χ0v) is 5.97. The van der Waals surface area contributed by atoms with Gasteiger partial charge in [0.05, 0.1) is 7.11 Å². The summed E-state index contributed by atoms with van der Waals surface area (Å²) in [5.74, 6) is 1.64. The molecular weight excluding hydrogens is 145 g/mol. The highest BCUT2D eigenvalue weighted by molar-refractivity contribution is 5.29. The van der Waals surface area contributed by atoms with Crippen LogP contribution in [0.25, 0.3) is 0 Å². The quantitative estimate of drug-likeness (QED) is 0.444. The number of pyridine rings is 1. The van der Waals surface area contributed by atoms with Gasteiger partial charge in [-0.1, -0.05) is 5.92 Å². The van der Waals surface area contributed by atoms with Crippen molar-refractivity contribution in [2.45, 2.75) is 0 Å². The first-order valence-electron chi connectivity index (χ1n) is 2.95. The number of terminal acetylenes is 1. The summed E-state index contributed by atoms with van der Waals surface area (Å²) in [7, 11) is 1.37. The summed E-state index contributed by atoms with van der Waals surface area (Å²) in [6.07, 6.45) is 4.99. The van der Waals surface area contributed by atoms with E-state index in [1.54, 1.807) is 0 Å². The molecule has 0 spiro atoms. The van der Waals surface area contributed by atoms with E-state index in [-0.39, 0.29) is 11.4 Å². The minimum Gasteiger partial charge on any atom is -0.492 e. The fraction of sp³-hybridized carbons (Fsp3) is 0.125. The largest absolute Gasteiger partial charge is 0.492 e. The topological polar surface area (TPSA) is 22.1 Å². The number of hydrogen-bond donors (Lipinski definition) is 0. The number of ether oxygens (including phenoxy) is 1. The number of nitrogens with zero attached hydrogens (tertiary/aromatic N) is 1. The zero-order chi connectivity index (χ0) is 8.27. The van der Waals surface area contributed by atoms with Crippen LogP contribution in [0.4, 0.5) is 4.39 Å². The van der Waals surface area contributed by atoms with Gasteiger partial charge in [-0.2, -0.15) is 4.39 Å². The summed E-state index contributed by atoms with van der Waals surface area (Å²) in [4.78, 5) is 3.43. The van der Waals surface area contributed by atoms with Gasteiger partial charge in [0, 0.05) is 0 Å². The highest BCUT2D eigenvalue weighted by Crippen LogP contribution is 2.13. The molecule has 1 aromatic rings. The van der Waals surface area contributed by atoms with E-state index in [0.29, 0.717) is 0 Å². The third-order valence-electron chi connectivity index (χ3n) is 1.18. The third-order valence-corrected chi connectivity index (χ3v) is 1.18. The number of hydrogen-bond acceptors (Lipinski definition) is 2. The van der Waals surface area contributed by atoms with Gasteiger partial charge in [0.1, 0.15) is 5.69 Å². The number of rotatable bonds is 1. The Balaban J connectivity index is 3.12. The maximum atomic E-state index is 12.7. The van der Waals surface area contributed by atoms with Crippen LogP contribution < -0.4 is 4.74 Å². The van der Waals surface area contributed by atoms with Gasteiger partial charge in [-0.05, 0) is 12.1 Å². The molecule has 1 rings (SSSR count). The maximum Gasteiger partial charge on any atom is 0.256 e. The summed E-state index contributed by atoms with van der Waals surface area (Å²) in [5.41, 5.74) is 0.267. The van der Waals surface area contributed by atoms with Crippen molar-refractivity contribution in [3.05, 3.63) is 23.8 Å². The third kappa shape index (κ3) is 1.47. The molecule has 2 nitrogen and oxygen atoms in total. The smallest absolute Gasteiger partial charge is 0.256 e. The molecule has 1 aromatic heterocycles. The predicted octanol–water partition coefficient (Wildman–Crippen LogP) is 1.21. The minimum absolute atomic E-state index is 0.101. The molecule has 56 valence electrons. The van der Waals surface area contributed by atoms with Crippen LogP contribution in [0.2, 0.25) is 0 Å². The molecule has 3 heteroatoms. The second-order valence-corrected chi connectivity index (χ2v) is 1.83. The average Bonchev–Trinajstić information content (AvgIpc) is 2.04. The second-order valence-electron chi connectivity index (χ2n) is 1.83. The first-order valence-corrected chi connectivity index (χ1v) is 2.95. The molecule has 0 saturated heterocycles. The standard InChI is InChI=1S/C8H6FNO/c1-3-6-4-5-7(11-2)8(9)10-6/h1,4-5H,2H3. The van der Waals surface area contributed by atoms with E-state index in [9.17, 15) is 4.39 Å². The molecule has 0 bridgehead atoms. The molecule has 0 saturated carbocycles. The number of halogens is 1. The van der Waals surface area contributed by atoms with E-state index in [1.807, 2.05) is 0 Å². The minimum atomic E-state index is -0.678. The first-order chi connectivity index (χ1) is 5.27. The first kappa shape index (κ1) is 7.55. The van der Waals surface area contributed by atoms with Crippen molar-refractivity contribution in [2.24, 2.45) is 0 Å². The molecule has 0 amide bonds. The lowest BCUT2D eigenvalue weighted by molar-refractivity contribution is 0.377. The Bertz CT molecular complexity index is 303. The van der Waals surface area contributed by atoms with Gasteiger partial charge >= 0.3 is 0 Å². The molecule has 0 N–H and O–H groups in total. The van der Waals surface area contributed by atoms with Gasteiger partial charge in [-0.3, -0.25) is 0 Å². The Morgan fingerprint density at radius 3 is 2.82 bits per heavy atom. The average molecular weight is 151 g/mol. The van der Waals surface area contributed by atoms with Crippen LogP contribution in [0.5, 0.6) is 5.75 Å². The molecule has 0 fully saturated rings. The maximum absolute atomic E-state index is 12.7. The summed E-state index contributed by atoms with van der Waals surface area (Å²) in [6, 6.07) is 2.96. The van der Waals surface area contributed by atoms with Crippen molar-refractivity contribution in [1.29, 1.82) is 0 Å². The SMILES string of the molecule is C#Cc1ccc(OC)c(F)n1. The van der Waals surface area contributed by atoms with Crippen molar-refractivity contribution in [3.63, 3.8) is 0 Å². The van der Waals surface area contributed by atoms with E-state index in [4.69, 9.17) is 6.42 Å². The molecule has 0 unspecified atom stereocenters. The van der Waals surface area contributed by atoms with Gasteiger partial charge in [0.15, 0.2) is 5.75 Å². The van der Waals surface area contributed by atoms with Gasteiger partial charge in [-0.25, -0.2) is 4.98 Å². The van der Waals surface area contributed by atoms with Gasteiger partial charge in [0.2, 0.25) is 0 Å². The zero-order valence-electron chi connectivity index (χ0n) is 5.97. The monoisotopic (exact) mass is 151 g/mol. The van der Waals surface area contributed by atoms with Crippen LogP contribution in [-0.2, 0) is 0 Å². The Morgan fingerprint density at radius 1 is 1.64 bits per heavy atom. The Labute approximate surface area is 64.0 Å². The van der Waals surface area contributed by atoms with Crippen LogP contribution in [0.3, 0.4) is 0 Å². The molecule has 0 radical (unpaired) electrons. The highest BCUT2D eigenvalue weighted by atomic mass is 19.1. The summed E-state index contributed by atoms with van der Waals surface area (Å²) < 4.78 is 17.3. The van der Waals surface area contributed by atoms with Gasteiger partial charge in [0.25, 0.3) is 5.95 Å². The van der Waals surface area contributed by atoms with Crippen LogP contribution in [0, 0.1) is 18.3 Å². The predicted molar refractivity (Wildman–Crippen MR) is 38.7 cm³/mol. The van der Waals surface area contributed by atoms with Crippen LogP contribution in [-0.4, -0.2) is 12.1 Å². The van der Waals surface area contributed by atoms with E-state index in [0.717, 1.165) is 0 Å². The second kappa shape index (κ2) is 3.02. The van der Waals surface area contributed by atoms with E-state index in [1.165, 1.54) is 19.2 Å². The molecule has 1 heterocycles. The van der Waals surface area contributed by atoms with Crippen molar-refractivity contribution in [2.75, 3.05) is 7.11 Å². The fourth-order valence-electron chi connectivity index (χ4n) is 0.654. The van der Waals surface area contributed by atoms with Crippen LogP contribution in [0.15, 0.2) is 12.1 Å². The summed E-state index contributed by atoms with van der Waals surface area (Å²) >= 11 is 0. The molecule has 0 aliphatic rings. The fourth-order valence-corrected chi connectivity index (χ4v) is 0.654. The highest BCUT2D eigenvalue weighted by Gasteiger charge is 2.02. The van der Waals surface area contributed by atoms with Gasteiger partial charge in [-0.15, -0.1) is 6.42 Å². The molecule has 0 atom stereocenters. The van der Waals surface area contributed by atoms with Crippen LogP contribution in [0.1, 0.15) is 5.69 Å². The molecule has 0 aromatic carbocycles. The Kier molecular flexibility index (Phi) is 2.07. The Hall–Kier alpha value is -1.56. The van der Waals surface area contributed by atoms with Crippen LogP contribution >= 0.6 is 0 Å². The summed E-state index contributed by atoms with van der Waals surface area (Å²) in [5, 5.41) is 0. The molecular formula is C8H6FNO. The summed E-state index contributed by atoms with van der Waals surface area (Å²) in [6.45, 7) is 0. The van der Waals surface area contributed by atoms with E-state index in [2.05, 4.69) is 15.6 Å². The number of aromatic nitrogens is 1. The lowest BCUT2D eigenvalue weighted by atomic mass is 10.3. The Morgan fingerprint density at radius 2 is 2.36 bits per heavy atom. The van der Waals surface area contributed by atoms with Crippen molar-refractivity contribution in [3.8, 4) is 18.1 Å². The lowest BCUT2D eigenvalue weighted by Gasteiger charge is -1.98. The lowest BCUT2D eigenvalue weighted by Crippen LogP contribution is -1.92. The molecule has 11 heavy (non-hydrogen) atoms. The number of methoxy groups -OCH3 is 1.